The minimum atomic E-state index is -2.85. The highest BCUT2D eigenvalue weighted by Crippen LogP contribution is 2.14. The third-order valence-corrected chi connectivity index (χ3v) is 3.22. The Hall–Kier alpha value is -2.34. The Bertz CT molecular complexity index is 634. The minimum absolute atomic E-state index is 0.0796. The van der Waals surface area contributed by atoms with Crippen molar-refractivity contribution in [3.8, 4) is 5.75 Å². The van der Waals surface area contributed by atoms with Crippen LogP contribution >= 0.6 is 11.6 Å². The Morgan fingerprint density at radius 1 is 0.957 bits per heavy atom. The lowest BCUT2D eigenvalue weighted by molar-refractivity contribution is -0.0498. The van der Waals surface area contributed by atoms with Crippen LogP contribution in [0.15, 0.2) is 48.5 Å². The Morgan fingerprint density at radius 3 is 1.91 bits per heavy atom. The summed E-state index contributed by atoms with van der Waals surface area (Å²) in [4.78, 5) is 11.7. The lowest BCUT2D eigenvalue weighted by atomic mass is 10.2. The Morgan fingerprint density at radius 2 is 1.43 bits per heavy atom. The molecule has 23 heavy (non-hydrogen) atoms. The van der Waals surface area contributed by atoms with E-state index in [1.807, 2.05) is 12.1 Å². The molecule has 2 rings (SSSR count). The van der Waals surface area contributed by atoms with Gasteiger partial charge in [-0.3, -0.25) is 0 Å². The van der Waals surface area contributed by atoms with Crippen LogP contribution in [0.4, 0.5) is 13.6 Å². The van der Waals surface area contributed by atoms with Gasteiger partial charge < -0.3 is 15.4 Å². The largest absolute Gasteiger partial charge is 0.435 e. The Balaban J connectivity index is 1.74. The summed E-state index contributed by atoms with van der Waals surface area (Å²) in [6.45, 7) is -2.19. The summed E-state index contributed by atoms with van der Waals surface area (Å²) >= 11 is 5.78. The molecule has 0 atom stereocenters. The molecule has 2 amide bonds. The highest BCUT2D eigenvalue weighted by molar-refractivity contribution is 6.30. The number of nitrogens with one attached hydrogen (secondary N) is 2. The number of benzene rings is 2. The van der Waals surface area contributed by atoms with E-state index in [2.05, 4.69) is 15.4 Å². The molecule has 0 aliphatic rings. The number of alkyl halides is 2. The molecule has 0 aromatic heterocycles. The van der Waals surface area contributed by atoms with Crippen molar-refractivity contribution in [3.63, 3.8) is 0 Å². The van der Waals surface area contributed by atoms with Crippen molar-refractivity contribution < 1.29 is 18.3 Å². The molecule has 2 aromatic rings. The molecular formula is C16H15ClF2N2O2. The van der Waals surface area contributed by atoms with Crippen LogP contribution in [0.3, 0.4) is 0 Å². The second kappa shape index (κ2) is 8.33. The van der Waals surface area contributed by atoms with E-state index >= 15 is 0 Å². The van der Waals surface area contributed by atoms with E-state index in [4.69, 9.17) is 11.6 Å². The number of hydrogen-bond acceptors (Lipinski definition) is 2. The van der Waals surface area contributed by atoms with Crippen molar-refractivity contribution in [1.29, 1.82) is 0 Å². The third-order valence-electron chi connectivity index (χ3n) is 2.97. The molecule has 0 saturated heterocycles. The van der Waals surface area contributed by atoms with Crippen LogP contribution in [0.2, 0.25) is 5.02 Å². The zero-order chi connectivity index (χ0) is 16.7. The van der Waals surface area contributed by atoms with Gasteiger partial charge in [0, 0.05) is 18.1 Å². The van der Waals surface area contributed by atoms with E-state index in [9.17, 15) is 13.6 Å². The van der Waals surface area contributed by atoms with E-state index in [1.54, 1.807) is 24.3 Å². The molecule has 7 heteroatoms. The van der Waals surface area contributed by atoms with Gasteiger partial charge in [-0.25, -0.2) is 4.79 Å². The quantitative estimate of drug-likeness (QED) is 0.836. The molecule has 0 aliphatic carbocycles. The maximum Gasteiger partial charge on any atom is 0.387 e. The van der Waals surface area contributed by atoms with E-state index in [-0.39, 0.29) is 18.3 Å². The van der Waals surface area contributed by atoms with Gasteiger partial charge in [0.1, 0.15) is 5.75 Å². The molecule has 0 heterocycles. The van der Waals surface area contributed by atoms with Crippen LogP contribution in [-0.4, -0.2) is 12.6 Å². The number of urea groups is 1. The highest BCUT2D eigenvalue weighted by Gasteiger charge is 2.04. The van der Waals surface area contributed by atoms with Gasteiger partial charge in [-0.15, -0.1) is 0 Å². The fourth-order valence-electron chi connectivity index (χ4n) is 1.82. The molecule has 2 aromatic carbocycles. The first-order valence-electron chi connectivity index (χ1n) is 6.83. The first-order chi connectivity index (χ1) is 11.0. The predicted molar refractivity (Wildman–Crippen MR) is 83.6 cm³/mol. The smallest absolute Gasteiger partial charge is 0.387 e. The summed E-state index contributed by atoms with van der Waals surface area (Å²) in [7, 11) is 0. The van der Waals surface area contributed by atoms with E-state index in [0.717, 1.165) is 11.1 Å². The summed E-state index contributed by atoms with van der Waals surface area (Å²) in [6.07, 6.45) is 0. The Labute approximate surface area is 137 Å². The van der Waals surface area contributed by atoms with E-state index in [1.165, 1.54) is 12.1 Å². The average molecular weight is 341 g/mol. The van der Waals surface area contributed by atoms with Gasteiger partial charge in [-0.2, -0.15) is 8.78 Å². The second-order valence-electron chi connectivity index (χ2n) is 4.69. The Kier molecular flexibility index (Phi) is 6.17. The molecule has 0 spiro atoms. The number of hydrogen-bond donors (Lipinski definition) is 2. The van der Waals surface area contributed by atoms with Crippen molar-refractivity contribution in [2.75, 3.05) is 0 Å². The molecule has 0 aliphatic heterocycles. The first kappa shape index (κ1) is 17.0. The van der Waals surface area contributed by atoms with Crippen molar-refractivity contribution in [1.82, 2.24) is 10.6 Å². The summed E-state index contributed by atoms with van der Waals surface area (Å²) in [5, 5.41) is 6.02. The standard InChI is InChI=1S/C16H15ClF2N2O2/c17-13-5-1-11(2-6-13)9-20-16(22)21-10-12-3-7-14(8-4-12)23-15(18)19/h1-8,15H,9-10H2,(H2,20,21,22). The summed E-state index contributed by atoms with van der Waals surface area (Å²) in [5.74, 6) is 0.0796. The zero-order valence-electron chi connectivity index (χ0n) is 12.1. The summed E-state index contributed by atoms with van der Waals surface area (Å²) in [5.41, 5.74) is 1.70. The number of carbonyl (C=O) groups is 1. The normalized spacial score (nSPS) is 10.4. The van der Waals surface area contributed by atoms with Gasteiger partial charge in [-0.1, -0.05) is 35.9 Å². The van der Waals surface area contributed by atoms with Crippen LogP contribution in [0.1, 0.15) is 11.1 Å². The molecule has 122 valence electrons. The summed E-state index contributed by atoms with van der Waals surface area (Å²) < 4.78 is 28.3. The predicted octanol–water partition coefficient (Wildman–Crippen LogP) is 3.94. The SMILES string of the molecule is O=C(NCc1ccc(Cl)cc1)NCc1ccc(OC(F)F)cc1. The fraction of sp³-hybridized carbons (Fsp3) is 0.188. The van der Waals surface area contributed by atoms with Gasteiger partial charge in [0.15, 0.2) is 0 Å². The van der Waals surface area contributed by atoms with Crippen LogP contribution in [0.25, 0.3) is 0 Å². The maximum absolute atomic E-state index is 12.0. The van der Waals surface area contributed by atoms with Gasteiger partial charge in [0.2, 0.25) is 0 Å². The molecular weight excluding hydrogens is 326 g/mol. The van der Waals surface area contributed by atoms with Crippen LogP contribution in [0, 0.1) is 0 Å². The number of halogens is 3. The minimum Gasteiger partial charge on any atom is -0.435 e. The molecule has 0 radical (unpaired) electrons. The lowest BCUT2D eigenvalue weighted by Gasteiger charge is -2.09. The zero-order valence-corrected chi connectivity index (χ0v) is 12.8. The number of rotatable bonds is 6. The number of amides is 2. The van der Waals surface area contributed by atoms with Crippen molar-refractivity contribution in [2.24, 2.45) is 0 Å². The fourth-order valence-corrected chi connectivity index (χ4v) is 1.94. The van der Waals surface area contributed by atoms with Crippen LogP contribution < -0.4 is 15.4 Å². The molecule has 0 fully saturated rings. The second-order valence-corrected chi connectivity index (χ2v) is 5.12. The van der Waals surface area contributed by atoms with Gasteiger partial charge in [0.05, 0.1) is 0 Å². The molecule has 0 unspecified atom stereocenters. The van der Waals surface area contributed by atoms with Crippen molar-refractivity contribution in [2.45, 2.75) is 19.7 Å². The highest BCUT2D eigenvalue weighted by atomic mass is 35.5. The third kappa shape index (κ3) is 6.12. The van der Waals surface area contributed by atoms with Crippen molar-refractivity contribution in [3.05, 3.63) is 64.7 Å². The topological polar surface area (TPSA) is 50.4 Å². The van der Waals surface area contributed by atoms with E-state index < -0.39 is 6.61 Å². The molecule has 2 N–H and O–H groups in total. The first-order valence-corrected chi connectivity index (χ1v) is 7.20. The molecule has 0 bridgehead atoms. The average Bonchev–Trinajstić information content (AvgIpc) is 2.53. The summed E-state index contributed by atoms with van der Waals surface area (Å²) in [6, 6.07) is 12.9. The van der Waals surface area contributed by atoms with Crippen LogP contribution in [0.5, 0.6) is 5.75 Å². The monoisotopic (exact) mass is 340 g/mol. The number of carbonyl (C=O) groups excluding carboxylic acids is 1. The van der Waals surface area contributed by atoms with E-state index in [0.29, 0.717) is 11.6 Å². The van der Waals surface area contributed by atoms with Crippen molar-refractivity contribution >= 4 is 17.6 Å². The molecule has 4 nitrogen and oxygen atoms in total. The number of ether oxygens (including phenoxy) is 1. The van der Waals surface area contributed by atoms with Gasteiger partial charge in [-0.05, 0) is 35.4 Å². The maximum atomic E-state index is 12.0. The molecule has 0 saturated carbocycles. The lowest BCUT2D eigenvalue weighted by Crippen LogP contribution is -2.34. The van der Waals surface area contributed by atoms with Gasteiger partial charge in [0.25, 0.3) is 0 Å². The van der Waals surface area contributed by atoms with Gasteiger partial charge >= 0.3 is 12.6 Å². The van der Waals surface area contributed by atoms with Crippen LogP contribution in [-0.2, 0) is 13.1 Å².